The molecule has 0 spiro atoms. The number of benzene rings is 2. The van der Waals surface area contributed by atoms with E-state index in [0.717, 1.165) is 40.6 Å². The molecule has 0 aliphatic heterocycles. The van der Waals surface area contributed by atoms with E-state index in [1.54, 1.807) is 0 Å². The maximum Gasteiger partial charge on any atom is 0.195 e. The lowest BCUT2D eigenvalue weighted by atomic mass is 10.0. The predicted octanol–water partition coefficient (Wildman–Crippen LogP) is 5.52. The van der Waals surface area contributed by atoms with E-state index >= 15 is 0 Å². The number of nitrogens with zero attached hydrogens (tertiary/aromatic N) is 1. The zero-order valence-electron chi connectivity index (χ0n) is 15.2. The fourth-order valence-corrected chi connectivity index (χ4v) is 3.51. The van der Waals surface area contributed by atoms with Crippen LogP contribution in [0.2, 0.25) is 0 Å². The number of para-hydroxylation sites is 1. The van der Waals surface area contributed by atoms with Crippen molar-refractivity contribution in [1.29, 1.82) is 0 Å². The van der Waals surface area contributed by atoms with Gasteiger partial charge in [0.25, 0.3) is 0 Å². The molecule has 25 heavy (non-hydrogen) atoms. The normalized spacial score (nSPS) is 12.4. The van der Waals surface area contributed by atoms with E-state index in [9.17, 15) is 4.79 Å². The summed E-state index contributed by atoms with van der Waals surface area (Å²) < 4.78 is 8.20. The number of carbonyl (C=O) groups excluding carboxylic acids is 1. The summed E-state index contributed by atoms with van der Waals surface area (Å²) in [6.45, 7) is 6.85. The van der Waals surface area contributed by atoms with E-state index in [1.807, 2.05) is 62.4 Å². The number of hydrogen-bond acceptors (Lipinski definition) is 2. The molecule has 2 aromatic carbocycles. The molecular formula is C22H25NO2. The molecule has 0 saturated carbocycles. The lowest BCUT2D eigenvalue weighted by molar-refractivity contribution is 0.00560. The molecular weight excluding hydrogens is 310 g/mol. The van der Waals surface area contributed by atoms with Crippen molar-refractivity contribution in [3.8, 4) is 0 Å². The molecule has 1 heterocycles. The molecule has 3 rings (SSSR count). The Morgan fingerprint density at radius 3 is 2.40 bits per heavy atom. The van der Waals surface area contributed by atoms with E-state index in [2.05, 4.69) is 17.6 Å². The van der Waals surface area contributed by atoms with Crippen molar-refractivity contribution in [3.63, 3.8) is 0 Å². The monoisotopic (exact) mass is 335 g/mol. The van der Waals surface area contributed by atoms with Gasteiger partial charge in [-0.05, 0) is 26.3 Å². The minimum atomic E-state index is -0.0442. The van der Waals surface area contributed by atoms with Crippen LogP contribution < -0.4 is 0 Å². The predicted molar refractivity (Wildman–Crippen MR) is 102 cm³/mol. The van der Waals surface area contributed by atoms with Gasteiger partial charge in [-0.25, -0.2) is 0 Å². The third-order valence-corrected chi connectivity index (χ3v) is 4.60. The fourth-order valence-electron chi connectivity index (χ4n) is 3.51. The van der Waals surface area contributed by atoms with Crippen molar-refractivity contribution in [3.05, 3.63) is 71.4 Å². The van der Waals surface area contributed by atoms with E-state index in [4.69, 9.17) is 4.74 Å². The molecule has 1 aromatic heterocycles. The van der Waals surface area contributed by atoms with Crippen LogP contribution in [0.4, 0.5) is 0 Å². The molecule has 0 aliphatic rings. The standard InChI is InChI=1S/C22H25NO2/c1-4-11-20(25-5-2)23-16(3)21(18-14-9-10-15-19(18)23)22(24)17-12-7-6-8-13-17/h6-10,12-15,20H,4-5,11H2,1-3H3. The smallest absolute Gasteiger partial charge is 0.195 e. The summed E-state index contributed by atoms with van der Waals surface area (Å²) in [7, 11) is 0. The van der Waals surface area contributed by atoms with Crippen LogP contribution in [0.25, 0.3) is 10.9 Å². The van der Waals surface area contributed by atoms with Crippen LogP contribution in [0.15, 0.2) is 54.6 Å². The SMILES string of the molecule is CCCC(OCC)n1c(C)c(C(=O)c2ccccc2)c2ccccc21. The molecule has 0 N–H and O–H groups in total. The molecule has 0 fully saturated rings. The number of carbonyl (C=O) groups is 1. The molecule has 1 unspecified atom stereocenters. The van der Waals surface area contributed by atoms with Crippen molar-refractivity contribution >= 4 is 16.7 Å². The first-order valence-corrected chi connectivity index (χ1v) is 8.99. The average molecular weight is 335 g/mol. The van der Waals surface area contributed by atoms with Gasteiger partial charge in [-0.15, -0.1) is 0 Å². The first-order valence-electron chi connectivity index (χ1n) is 8.99. The maximum absolute atomic E-state index is 13.2. The molecule has 1 atom stereocenters. The number of fused-ring (bicyclic) bond motifs is 1. The minimum Gasteiger partial charge on any atom is -0.358 e. The highest BCUT2D eigenvalue weighted by Crippen LogP contribution is 2.32. The number of ketones is 1. The Kier molecular flexibility index (Phi) is 5.34. The van der Waals surface area contributed by atoms with Crippen LogP contribution in [0, 0.1) is 6.92 Å². The van der Waals surface area contributed by atoms with Crippen LogP contribution in [-0.2, 0) is 4.74 Å². The Bertz CT molecular complexity index is 858. The topological polar surface area (TPSA) is 31.2 Å². The van der Waals surface area contributed by atoms with Crippen molar-refractivity contribution in [2.75, 3.05) is 6.61 Å². The Labute approximate surface area is 149 Å². The molecule has 0 saturated heterocycles. The largest absolute Gasteiger partial charge is 0.358 e. The lowest BCUT2D eigenvalue weighted by Crippen LogP contribution is -2.15. The fraction of sp³-hybridized carbons (Fsp3) is 0.318. The van der Waals surface area contributed by atoms with Crippen molar-refractivity contribution < 1.29 is 9.53 Å². The third kappa shape index (κ3) is 3.24. The Morgan fingerprint density at radius 1 is 1.04 bits per heavy atom. The van der Waals surface area contributed by atoms with Gasteiger partial charge in [0.15, 0.2) is 5.78 Å². The maximum atomic E-state index is 13.2. The second kappa shape index (κ2) is 7.66. The molecule has 130 valence electrons. The highest BCUT2D eigenvalue weighted by Gasteiger charge is 2.24. The van der Waals surface area contributed by atoms with Gasteiger partial charge in [-0.3, -0.25) is 4.79 Å². The van der Waals surface area contributed by atoms with Crippen LogP contribution in [0.1, 0.15) is 54.5 Å². The lowest BCUT2D eigenvalue weighted by Gasteiger charge is -2.21. The first kappa shape index (κ1) is 17.4. The molecule has 3 nitrogen and oxygen atoms in total. The zero-order chi connectivity index (χ0) is 17.8. The van der Waals surface area contributed by atoms with Crippen LogP contribution in [-0.4, -0.2) is 17.0 Å². The van der Waals surface area contributed by atoms with Crippen LogP contribution >= 0.6 is 0 Å². The van der Waals surface area contributed by atoms with E-state index in [-0.39, 0.29) is 12.0 Å². The van der Waals surface area contributed by atoms with E-state index in [1.165, 1.54) is 0 Å². The van der Waals surface area contributed by atoms with Crippen molar-refractivity contribution in [1.82, 2.24) is 4.57 Å². The van der Waals surface area contributed by atoms with Gasteiger partial charge in [0.1, 0.15) is 6.23 Å². The molecule has 0 amide bonds. The van der Waals surface area contributed by atoms with Crippen molar-refractivity contribution in [2.45, 2.75) is 39.8 Å². The highest BCUT2D eigenvalue weighted by atomic mass is 16.5. The average Bonchev–Trinajstić information content (AvgIpc) is 2.93. The molecule has 0 bridgehead atoms. The van der Waals surface area contributed by atoms with Crippen LogP contribution in [0.5, 0.6) is 0 Å². The minimum absolute atomic E-state index is 0.0442. The number of rotatable bonds is 7. The summed E-state index contributed by atoms with van der Waals surface area (Å²) in [6, 6.07) is 17.6. The summed E-state index contributed by atoms with van der Waals surface area (Å²) in [5, 5.41) is 0.995. The van der Waals surface area contributed by atoms with Gasteiger partial charge >= 0.3 is 0 Å². The Hall–Kier alpha value is -2.39. The van der Waals surface area contributed by atoms with E-state index < -0.39 is 0 Å². The summed E-state index contributed by atoms with van der Waals surface area (Å²) in [4.78, 5) is 13.2. The quantitative estimate of drug-likeness (QED) is 0.533. The Morgan fingerprint density at radius 2 is 1.72 bits per heavy atom. The zero-order valence-corrected chi connectivity index (χ0v) is 15.2. The summed E-state index contributed by atoms with van der Waals surface area (Å²) >= 11 is 0. The highest BCUT2D eigenvalue weighted by molar-refractivity contribution is 6.17. The van der Waals surface area contributed by atoms with Gasteiger partial charge in [0.05, 0.1) is 11.1 Å². The van der Waals surface area contributed by atoms with Gasteiger partial charge in [-0.1, -0.05) is 61.9 Å². The third-order valence-electron chi connectivity index (χ3n) is 4.60. The Balaban J connectivity index is 2.20. The summed E-state index contributed by atoms with van der Waals surface area (Å²) in [5.74, 6) is 0.0693. The van der Waals surface area contributed by atoms with Crippen LogP contribution in [0.3, 0.4) is 0 Å². The summed E-state index contributed by atoms with van der Waals surface area (Å²) in [5.41, 5.74) is 3.53. The van der Waals surface area contributed by atoms with Gasteiger partial charge in [-0.2, -0.15) is 0 Å². The second-order valence-electron chi connectivity index (χ2n) is 6.24. The second-order valence-corrected chi connectivity index (χ2v) is 6.24. The molecule has 3 aromatic rings. The van der Waals surface area contributed by atoms with Gasteiger partial charge in [0, 0.05) is 23.3 Å². The van der Waals surface area contributed by atoms with E-state index in [0.29, 0.717) is 6.61 Å². The summed E-state index contributed by atoms with van der Waals surface area (Å²) in [6.07, 6.45) is 1.91. The number of aromatic nitrogens is 1. The number of hydrogen-bond donors (Lipinski definition) is 0. The molecule has 0 aliphatic carbocycles. The van der Waals surface area contributed by atoms with Gasteiger partial charge in [0.2, 0.25) is 0 Å². The molecule has 0 radical (unpaired) electrons. The number of ether oxygens (including phenoxy) is 1. The van der Waals surface area contributed by atoms with Crippen molar-refractivity contribution in [2.24, 2.45) is 0 Å². The molecule has 3 heteroatoms. The first-order chi connectivity index (χ1) is 12.2. The van der Waals surface area contributed by atoms with Gasteiger partial charge < -0.3 is 9.30 Å².